The van der Waals surface area contributed by atoms with Gasteiger partial charge in [-0.1, -0.05) is 5.92 Å². The van der Waals surface area contributed by atoms with Crippen LogP contribution in [0.5, 0.6) is 5.75 Å². The van der Waals surface area contributed by atoms with E-state index in [0.29, 0.717) is 11.3 Å². The van der Waals surface area contributed by atoms with Gasteiger partial charge in [0.15, 0.2) is 0 Å². The fourth-order valence-corrected chi connectivity index (χ4v) is 2.39. The molecule has 0 atom stereocenters. The molecule has 0 aliphatic carbocycles. The molecule has 0 saturated heterocycles. The predicted octanol–water partition coefficient (Wildman–Crippen LogP) is 2.93. The van der Waals surface area contributed by atoms with Crippen molar-refractivity contribution in [3.63, 3.8) is 0 Å². The van der Waals surface area contributed by atoms with Crippen molar-refractivity contribution < 1.29 is 4.74 Å². The Kier molecular flexibility index (Phi) is 3.86. The van der Waals surface area contributed by atoms with Crippen LogP contribution in [0.4, 0.5) is 5.82 Å². The zero-order chi connectivity index (χ0) is 16.2. The molecule has 5 nitrogen and oxygen atoms in total. The van der Waals surface area contributed by atoms with E-state index in [1.807, 2.05) is 41.9 Å². The average molecular weight is 302 g/mol. The molecular weight excluding hydrogens is 288 g/mol. The van der Waals surface area contributed by atoms with Crippen LogP contribution in [0.2, 0.25) is 0 Å². The van der Waals surface area contributed by atoms with E-state index in [9.17, 15) is 0 Å². The number of aromatic nitrogens is 2. The highest BCUT2D eigenvalue weighted by Crippen LogP contribution is 2.30. The Morgan fingerprint density at radius 1 is 1.30 bits per heavy atom. The number of terminal acetylenes is 1. The molecular formula is C18H14N4O. The highest BCUT2D eigenvalue weighted by Gasteiger charge is 2.13. The number of rotatable bonds is 4. The van der Waals surface area contributed by atoms with Gasteiger partial charge in [0, 0.05) is 18.8 Å². The van der Waals surface area contributed by atoms with Gasteiger partial charge < -0.3 is 10.1 Å². The van der Waals surface area contributed by atoms with Gasteiger partial charge in [0.2, 0.25) is 0 Å². The van der Waals surface area contributed by atoms with Crippen LogP contribution in [0.25, 0.3) is 16.9 Å². The number of ether oxygens (including phenoxy) is 1. The summed E-state index contributed by atoms with van der Waals surface area (Å²) in [7, 11) is 1.84. The van der Waals surface area contributed by atoms with Crippen LogP contribution in [0.1, 0.15) is 5.56 Å². The normalized spacial score (nSPS) is 10.0. The van der Waals surface area contributed by atoms with Gasteiger partial charge >= 0.3 is 0 Å². The first-order chi connectivity index (χ1) is 11.3. The Balaban J connectivity index is 2.05. The number of hydrogen-bond donors (Lipinski definition) is 1. The lowest BCUT2D eigenvalue weighted by Crippen LogP contribution is -1.96. The number of fused-ring (bicyclic) bond motifs is 1. The number of hydrogen-bond acceptors (Lipinski definition) is 4. The van der Waals surface area contributed by atoms with Crippen molar-refractivity contribution in [3.8, 4) is 35.4 Å². The van der Waals surface area contributed by atoms with Crippen LogP contribution >= 0.6 is 0 Å². The largest absolute Gasteiger partial charge is 0.481 e. The lowest BCUT2D eigenvalue weighted by molar-refractivity contribution is 0.370. The Bertz CT molecular complexity index is 927. The first kappa shape index (κ1) is 14.5. The first-order valence-electron chi connectivity index (χ1n) is 7.03. The molecule has 3 rings (SSSR count). The molecule has 3 aromatic rings. The second kappa shape index (κ2) is 6.13. The van der Waals surface area contributed by atoms with Crippen LogP contribution in [-0.4, -0.2) is 23.0 Å². The molecule has 5 heteroatoms. The van der Waals surface area contributed by atoms with E-state index in [2.05, 4.69) is 22.3 Å². The molecule has 2 heterocycles. The molecule has 0 amide bonds. The van der Waals surface area contributed by atoms with Gasteiger partial charge in [0.1, 0.15) is 29.5 Å². The summed E-state index contributed by atoms with van der Waals surface area (Å²) in [5.74, 6) is 4.01. The maximum Gasteiger partial charge on any atom is 0.148 e. The summed E-state index contributed by atoms with van der Waals surface area (Å²) < 4.78 is 7.29. The molecule has 0 fully saturated rings. The maximum absolute atomic E-state index is 9.02. The monoisotopic (exact) mass is 302 g/mol. The Morgan fingerprint density at radius 3 is 2.74 bits per heavy atom. The number of pyridine rings is 1. The molecule has 0 saturated carbocycles. The summed E-state index contributed by atoms with van der Waals surface area (Å²) in [5, 5.41) is 12.2. The summed E-state index contributed by atoms with van der Waals surface area (Å²) in [5.41, 5.74) is 3.06. The van der Waals surface area contributed by atoms with Crippen molar-refractivity contribution in [2.45, 2.75) is 0 Å². The summed E-state index contributed by atoms with van der Waals surface area (Å²) in [4.78, 5) is 4.63. The second-order valence-electron chi connectivity index (χ2n) is 4.83. The van der Waals surface area contributed by atoms with Crippen LogP contribution in [0, 0.1) is 23.7 Å². The Labute approximate surface area is 134 Å². The van der Waals surface area contributed by atoms with E-state index < -0.39 is 0 Å². The minimum Gasteiger partial charge on any atom is -0.481 e. The first-order valence-corrected chi connectivity index (χ1v) is 7.03. The number of benzene rings is 1. The highest BCUT2D eigenvalue weighted by molar-refractivity contribution is 5.77. The molecule has 0 spiro atoms. The number of imidazole rings is 1. The molecule has 0 unspecified atom stereocenters. The predicted molar refractivity (Wildman–Crippen MR) is 89.2 cm³/mol. The zero-order valence-electron chi connectivity index (χ0n) is 12.6. The Morgan fingerprint density at radius 2 is 2.09 bits per heavy atom. The maximum atomic E-state index is 9.02. The molecule has 1 N–H and O–H groups in total. The number of anilines is 1. The van der Waals surface area contributed by atoms with Gasteiger partial charge in [0.05, 0.1) is 11.6 Å². The third-order valence-electron chi connectivity index (χ3n) is 3.44. The molecule has 0 radical (unpaired) electrons. The van der Waals surface area contributed by atoms with E-state index in [1.54, 1.807) is 12.1 Å². The standard InChI is InChI=1S/C18H14N4O/c1-3-10-23-15-6-4-14(5-7-15)17-18(20-2)22-9-8-13(12-19)11-16(22)21-17/h1,4-9,11,20H,10H2,2H3. The average Bonchev–Trinajstić information content (AvgIpc) is 2.97. The third-order valence-corrected chi connectivity index (χ3v) is 3.44. The lowest BCUT2D eigenvalue weighted by atomic mass is 10.1. The van der Waals surface area contributed by atoms with Crippen molar-refractivity contribution in [2.75, 3.05) is 19.0 Å². The Hall–Kier alpha value is -3.44. The summed E-state index contributed by atoms with van der Waals surface area (Å²) >= 11 is 0. The number of nitrogens with zero attached hydrogens (tertiary/aromatic N) is 3. The van der Waals surface area contributed by atoms with Crippen molar-refractivity contribution >= 4 is 11.5 Å². The van der Waals surface area contributed by atoms with Crippen LogP contribution in [0.15, 0.2) is 42.6 Å². The minimum absolute atomic E-state index is 0.242. The van der Waals surface area contributed by atoms with Crippen LogP contribution in [-0.2, 0) is 0 Å². The van der Waals surface area contributed by atoms with E-state index >= 15 is 0 Å². The number of nitrogens with one attached hydrogen (secondary N) is 1. The fraction of sp³-hybridized carbons (Fsp3) is 0.111. The van der Waals surface area contributed by atoms with Gasteiger partial charge in [0.25, 0.3) is 0 Å². The van der Waals surface area contributed by atoms with Gasteiger partial charge in [-0.05, 0) is 36.4 Å². The minimum atomic E-state index is 0.242. The smallest absolute Gasteiger partial charge is 0.148 e. The van der Waals surface area contributed by atoms with Crippen molar-refractivity contribution in [2.24, 2.45) is 0 Å². The van der Waals surface area contributed by atoms with Crippen LogP contribution in [0.3, 0.4) is 0 Å². The second-order valence-corrected chi connectivity index (χ2v) is 4.83. The van der Waals surface area contributed by atoms with E-state index in [1.165, 1.54) is 0 Å². The lowest BCUT2D eigenvalue weighted by Gasteiger charge is -2.06. The van der Waals surface area contributed by atoms with Gasteiger partial charge in [-0.15, -0.1) is 6.42 Å². The van der Waals surface area contributed by atoms with Gasteiger partial charge in [-0.3, -0.25) is 4.40 Å². The molecule has 1 aromatic carbocycles. The summed E-state index contributed by atoms with van der Waals surface area (Å²) in [6.45, 7) is 0.242. The molecule has 0 aliphatic rings. The third kappa shape index (κ3) is 2.68. The highest BCUT2D eigenvalue weighted by atomic mass is 16.5. The summed E-state index contributed by atoms with van der Waals surface area (Å²) in [6.07, 6.45) is 7.02. The molecule has 0 bridgehead atoms. The van der Waals surface area contributed by atoms with Crippen molar-refractivity contribution in [1.29, 1.82) is 5.26 Å². The van der Waals surface area contributed by atoms with Crippen LogP contribution < -0.4 is 10.1 Å². The van der Waals surface area contributed by atoms with Gasteiger partial charge in [-0.2, -0.15) is 5.26 Å². The molecule has 0 aliphatic heterocycles. The fourth-order valence-electron chi connectivity index (χ4n) is 2.39. The number of nitriles is 1. The van der Waals surface area contributed by atoms with E-state index in [0.717, 1.165) is 22.7 Å². The SMILES string of the molecule is C#CCOc1ccc(-c2nc3cc(C#N)ccn3c2NC)cc1. The quantitative estimate of drug-likeness (QED) is 0.753. The van der Waals surface area contributed by atoms with E-state index in [-0.39, 0.29) is 6.61 Å². The zero-order valence-corrected chi connectivity index (χ0v) is 12.6. The van der Waals surface area contributed by atoms with Crippen molar-refractivity contribution in [1.82, 2.24) is 9.38 Å². The topological polar surface area (TPSA) is 62.3 Å². The van der Waals surface area contributed by atoms with Crippen molar-refractivity contribution in [3.05, 3.63) is 48.2 Å². The van der Waals surface area contributed by atoms with Gasteiger partial charge in [-0.25, -0.2) is 4.98 Å². The molecule has 23 heavy (non-hydrogen) atoms. The summed E-state index contributed by atoms with van der Waals surface area (Å²) in [6, 6.07) is 13.2. The molecule has 112 valence electrons. The van der Waals surface area contributed by atoms with E-state index in [4.69, 9.17) is 16.4 Å². The molecule has 2 aromatic heterocycles.